The summed E-state index contributed by atoms with van der Waals surface area (Å²) < 4.78 is 26.0. The maximum absolute atomic E-state index is 12.3. The lowest BCUT2D eigenvalue weighted by molar-refractivity contribution is 0.0604. The van der Waals surface area contributed by atoms with E-state index in [0.29, 0.717) is 24.2 Å². The Morgan fingerprint density at radius 3 is 2.84 bits per heavy atom. The number of nitrogen functional groups attached to an aromatic ring is 1. The minimum absolute atomic E-state index is 0.0703. The normalized spacial score (nSPS) is 25.4. The summed E-state index contributed by atoms with van der Waals surface area (Å²) in [4.78, 5) is 0. The average molecular weight is 284 g/mol. The molecule has 0 saturated carbocycles. The summed E-state index contributed by atoms with van der Waals surface area (Å²) >= 11 is 0. The highest BCUT2D eigenvalue weighted by Gasteiger charge is 2.31. The van der Waals surface area contributed by atoms with Crippen LogP contribution in [0.4, 0.5) is 5.69 Å². The predicted molar refractivity (Wildman–Crippen MR) is 74.8 cm³/mol. The van der Waals surface area contributed by atoms with Crippen LogP contribution in [0.3, 0.4) is 0 Å². The van der Waals surface area contributed by atoms with E-state index in [0.717, 1.165) is 0 Å². The number of hydrogen-bond donors (Lipinski definition) is 2. The van der Waals surface area contributed by atoms with Crippen molar-refractivity contribution in [2.45, 2.75) is 25.2 Å². The van der Waals surface area contributed by atoms with E-state index < -0.39 is 16.1 Å². The van der Waals surface area contributed by atoms with E-state index in [1.165, 1.54) is 4.31 Å². The molecule has 106 valence electrons. The van der Waals surface area contributed by atoms with Crippen LogP contribution in [0.1, 0.15) is 18.9 Å². The summed E-state index contributed by atoms with van der Waals surface area (Å²) in [6, 6.07) is 6.88. The first-order valence-electron chi connectivity index (χ1n) is 6.39. The van der Waals surface area contributed by atoms with Gasteiger partial charge in [0.2, 0.25) is 10.0 Å². The van der Waals surface area contributed by atoms with Crippen LogP contribution in [-0.2, 0) is 15.8 Å². The number of benzene rings is 1. The van der Waals surface area contributed by atoms with E-state index >= 15 is 0 Å². The third kappa shape index (κ3) is 3.46. The number of nitrogens with zero attached hydrogens (tertiary/aromatic N) is 1. The third-order valence-electron chi connectivity index (χ3n) is 3.57. The van der Waals surface area contributed by atoms with Crippen molar-refractivity contribution < 1.29 is 13.5 Å². The fourth-order valence-corrected chi connectivity index (χ4v) is 3.80. The number of hydrogen-bond acceptors (Lipinski definition) is 4. The number of rotatable bonds is 3. The Balaban J connectivity index is 2.10. The van der Waals surface area contributed by atoms with E-state index in [1.54, 1.807) is 24.3 Å². The SMILES string of the molecule is CC1CCN(S(=O)(=O)Cc2cccc(N)c2)CC1O. The van der Waals surface area contributed by atoms with E-state index in [2.05, 4.69) is 0 Å². The molecule has 0 amide bonds. The van der Waals surface area contributed by atoms with Crippen LogP contribution in [0.2, 0.25) is 0 Å². The zero-order valence-electron chi connectivity index (χ0n) is 11.0. The van der Waals surface area contributed by atoms with Crippen LogP contribution >= 0.6 is 0 Å². The van der Waals surface area contributed by atoms with E-state index in [1.807, 2.05) is 6.92 Å². The molecule has 1 fully saturated rings. The van der Waals surface area contributed by atoms with Crippen molar-refractivity contribution in [3.8, 4) is 0 Å². The molecule has 2 unspecified atom stereocenters. The molecule has 1 aromatic carbocycles. The van der Waals surface area contributed by atoms with Crippen molar-refractivity contribution >= 4 is 15.7 Å². The Morgan fingerprint density at radius 1 is 1.47 bits per heavy atom. The van der Waals surface area contributed by atoms with Crippen molar-refractivity contribution in [2.75, 3.05) is 18.8 Å². The van der Waals surface area contributed by atoms with E-state index in [-0.39, 0.29) is 18.2 Å². The van der Waals surface area contributed by atoms with Crippen molar-refractivity contribution in [2.24, 2.45) is 5.92 Å². The van der Waals surface area contributed by atoms with Gasteiger partial charge < -0.3 is 10.8 Å². The standard InChI is InChI=1S/C13H20N2O3S/c1-10-5-6-15(8-13(10)16)19(17,18)9-11-3-2-4-12(14)7-11/h2-4,7,10,13,16H,5-6,8-9,14H2,1H3. The fraction of sp³-hybridized carbons (Fsp3) is 0.538. The molecule has 19 heavy (non-hydrogen) atoms. The Morgan fingerprint density at radius 2 is 2.21 bits per heavy atom. The number of anilines is 1. The minimum Gasteiger partial charge on any atom is -0.399 e. The van der Waals surface area contributed by atoms with Gasteiger partial charge in [0.15, 0.2) is 0 Å². The number of sulfonamides is 1. The Hall–Kier alpha value is -1.11. The van der Waals surface area contributed by atoms with Crippen LogP contribution in [0, 0.1) is 5.92 Å². The van der Waals surface area contributed by atoms with Gasteiger partial charge in [0.1, 0.15) is 0 Å². The molecule has 0 aromatic heterocycles. The monoisotopic (exact) mass is 284 g/mol. The largest absolute Gasteiger partial charge is 0.399 e. The summed E-state index contributed by atoms with van der Waals surface area (Å²) in [6.07, 6.45) is 0.113. The lowest BCUT2D eigenvalue weighted by Gasteiger charge is -2.33. The number of aliphatic hydroxyl groups excluding tert-OH is 1. The summed E-state index contributed by atoms with van der Waals surface area (Å²) in [6.45, 7) is 2.60. The maximum Gasteiger partial charge on any atom is 0.218 e. The lowest BCUT2D eigenvalue weighted by atomic mass is 9.98. The molecule has 5 nitrogen and oxygen atoms in total. The van der Waals surface area contributed by atoms with E-state index in [4.69, 9.17) is 5.73 Å². The lowest BCUT2D eigenvalue weighted by Crippen LogP contribution is -2.46. The molecule has 6 heteroatoms. The molecule has 2 atom stereocenters. The van der Waals surface area contributed by atoms with Gasteiger partial charge in [0.25, 0.3) is 0 Å². The first-order valence-corrected chi connectivity index (χ1v) is 8.00. The molecule has 1 saturated heterocycles. The van der Waals surface area contributed by atoms with E-state index in [9.17, 15) is 13.5 Å². The number of nitrogens with two attached hydrogens (primary N) is 1. The Labute approximate surface area is 114 Å². The van der Waals surface area contributed by atoms with Crippen molar-refractivity contribution in [1.29, 1.82) is 0 Å². The molecule has 2 rings (SSSR count). The third-order valence-corrected chi connectivity index (χ3v) is 5.39. The van der Waals surface area contributed by atoms with Gasteiger partial charge in [-0.2, -0.15) is 4.31 Å². The van der Waals surface area contributed by atoms with Crippen LogP contribution in [-0.4, -0.2) is 37.0 Å². The highest BCUT2D eigenvalue weighted by molar-refractivity contribution is 7.88. The van der Waals surface area contributed by atoms with Crippen molar-refractivity contribution in [3.63, 3.8) is 0 Å². The predicted octanol–water partition coefficient (Wildman–Crippen LogP) is 0.801. The zero-order valence-corrected chi connectivity index (χ0v) is 11.8. The van der Waals surface area contributed by atoms with Crippen molar-refractivity contribution in [3.05, 3.63) is 29.8 Å². The number of piperidine rings is 1. The molecular formula is C13H20N2O3S. The van der Waals surface area contributed by atoms with Gasteiger partial charge in [0, 0.05) is 18.8 Å². The van der Waals surface area contributed by atoms with Crippen LogP contribution in [0.5, 0.6) is 0 Å². The molecule has 1 heterocycles. The van der Waals surface area contributed by atoms with Gasteiger partial charge in [-0.15, -0.1) is 0 Å². The number of aliphatic hydroxyl groups is 1. The molecule has 0 bridgehead atoms. The van der Waals surface area contributed by atoms with Crippen molar-refractivity contribution in [1.82, 2.24) is 4.31 Å². The molecule has 1 aliphatic rings. The van der Waals surface area contributed by atoms with Crippen LogP contribution < -0.4 is 5.73 Å². The highest BCUT2D eigenvalue weighted by atomic mass is 32.2. The Bertz CT molecular complexity index is 545. The van der Waals surface area contributed by atoms with Crippen LogP contribution in [0.15, 0.2) is 24.3 Å². The molecular weight excluding hydrogens is 264 g/mol. The quantitative estimate of drug-likeness (QED) is 0.804. The molecule has 0 aliphatic carbocycles. The number of β-amino-alcohol motifs (C(OH)–C–C–N with tert-alkyl or cyclic N) is 1. The molecule has 3 N–H and O–H groups in total. The molecule has 1 aromatic rings. The second-order valence-corrected chi connectivity index (χ2v) is 7.16. The smallest absolute Gasteiger partial charge is 0.218 e. The first-order chi connectivity index (χ1) is 8.88. The van der Waals surface area contributed by atoms with Crippen LogP contribution in [0.25, 0.3) is 0 Å². The minimum atomic E-state index is -3.39. The van der Waals surface area contributed by atoms with Gasteiger partial charge in [-0.3, -0.25) is 0 Å². The molecule has 0 radical (unpaired) electrons. The van der Waals surface area contributed by atoms with Gasteiger partial charge in [-0.25, -0.2) is 8.42 Å². The second kappa shape index (κ2) is 5.48. The van der Waals surface area contributed by atoms with Gasteiger partial charge in [-0.1, -0.05) is 19.1 Å². The molecule has 0 spiro atoms. The fourth-order valence-electron chi connectivity index (χ4n) is 2.26. The van der Waals surface area contributed by atoms with Gasteiger partial charge in [0.05, 0.1) is 11.9 Å². The van der Waals surface area contributed by atoms with Gasteiger partial charge >= 0.3 is 0 Å². The average Bonchev–Trinajstić information content (AvgIpc) is 2.32. The highest BCUT2D eigenvalue weighted by Crippen LogP contribution is 2.22. The second-order valence-electron chi connectivity index (χ2n) is 5.19. The summed E-state index contributed by atoms with van der Waals surface area (Å²) in [5, 5.41) is 9.80. The summed E-state index contributed by atoms with van der Waals surface area (Å²) in [5.41, 5.74) is 6.88. The first kappa shape index (κ1) is 14.3. The maximum atomic E-state index is 12.3. The topological polar surface area (TPSA) is 83.6 Å². The molecule has 1 aliphatic heterocycles. The van der Waals surface area contributed by atoms with Gasteiger partial charge in [-0.05, 0) is 30.0 Å². The summed E-state index contributed by atoms with van der Waals surface area (Å²) in [5.74, 6) is 0.0814. The summed E-state index contributed by atoms with van der Waals surface area (Å²) in [7, 11) is -3.39. The Kier molecular flexibility index (Phi) is 4.13. The zero-order chi connectivity index (χ0) is 14.0.